The topological polar surface area (TPSA) is 60.5 Å². The third kappa shape index (κ3) is 3.43. The van der Waals surface area contributed by atoms with Crippen LogP contribution in [0.4, 0.5) is 4.79 Å². The Labute approximate surface area is 118 Å². The number of nitrogens with one attached hydrogen (secondary N) is 1. The van der Waals surface area contributed by atoms with Gasteiger partial charge in [0.05, 0.1) is 5.69 Å². The van der Waals surface area contributed by atoms with E-state index in [0.29, 0.717) is 5.92 Å². The predicted octanol–water partition coefficient (Wildman–Crippen LogP) is 2.66. The lowest BCUT2D eigenvalue weighted by Gasteiger charge is -2.21. The number of halogens is 1. The number of aromatic nitrogens is 1. The number of hydrogen-bond acceptors (Lipinski definition) is 5. The maximum atomic E-state index is 11.1. The van der Waals surface area contributed by atoms with Gasteiger partial charge >= 0.3 is 6.09 Å². The molecule has 5 nitrogen and oxygen atoms in total. The highest BCUT2D eigenvalue weighted by Gasteiger charge is 2.23. The van der Waals surface area contributed by atoms with Gasteiger partial charge in [-0.3, -0.25) is 0 Å². The van der Waals surface area contributed by atoms with Crippen molar-refractivity contribution in [1.82, 2.24) is 10.3 Å². The van der Waals surface area contributed by atoms with Crippen molar-refractivity contribution in [2.24, 2.45) is 0 Å². The first-order valence-corrected chi connectivity index (χ1v) is 7.39. The Balaban J connectivity index is 2.06. The second kappa shape index (κ2) is 6.49. The van der Waals surface area contributed by atoms with Gasteiger partial charge in [0.1, 0.15) is 6.61 Å². The molecule has 18 heavy (non-hydrogen) atoms. The van der Waals surface area contributed by atoms with Gasteiger partial charge in [-0.2, -0.15) is 0 Å². The smallest absolute Gasteiger partial charge is 0.407 e. The van der Waals surface area contributed by atoms with Crippen LogP contribution in [0.1, 0.15) is 29.3 Å². The van der Waals surface area contributed by atoms with Crippen molar-refractivity contribution in [1.29, 1.82) is 0 Å². The second-order valence-electron chi connectivity index (χ2n) is 3.99. The minimum atomic E-state index is -0.433. The van der Waals surface area contributed by atoms with Crippen molar-refractivity contribution in [3.63, 3.8) is 0 Å². The lowest BCUT2D eigenvalue weighted by Crippen LogP contribution is -2.20. The maximum absolute atomic E-state index is 11.1. The lowest BCUT2D eigenvalue weighted by molar-refractivity contribution is 0.0852. The van der Waals surface area contributed by atoms with Gasteiger partial charge in [-0.05, 0) is 34.7 Å². The normalized spacial score (nSPS) is 16.6. The summed E-state index contributed by atoms with van der Waals surface area (Å²) in [7, 11) is 1.54. The van der Waals surface area contributed by atoms with Crippen LogP contribution in [0.5, 0.6) is 0 Å². The van der Waals surface area contributed by atoms with Gasteiger partial charge < -0.3 is 14.8 Å². The number of ether oxygens (including phenoxy) is 2. The van der Waals surface area contributed by atoms with Crippen LogP contribution in [0, 0.1) is 0 Å². The first kappa shape index (κ1) is 13.8. The van der Waals surface area contributed by atoms with Gasteiger partial charge in [-0.25, -0.2) is 9.78 Å². The number of rotatable bonds is 3. The molecule has 0 unspecified atom stereocenters. The molecule has 2 heterocycles. The number of carbonyl (C=O) groups is 1. The number of carbonyl (C=O) groups excluding carboxylic acids is 1. The molecule has 0 atom stereocenters. The molecule has 0 saturated carbocycles. The monoisotopic (exact) mass is 334 g/mol. The van der Waals surface area contributed by atoms with Crippen molar-refractivity contribution >= 4 is 33.4 Å². The van der Waals surface area contributed by atoms with E-state index in [4.69, 9.17) is 9.47 Å². The summed E-state index contributed by atoms with van der Waals surface area (Å²) in [5, 5.41) is 2.42. The number of alkyl carbamates (subject to hydrolysis) is 1. The molecule has 1 aromatic rings. The molecule has 7 heteroatoms. The molecule has 0 spiro atoms. The average molecular weight is 335 g/mol. The summed E-state index contributed by atoms with van der Waals surface area (Å²) in [4.78, 5) is 16.7. The van der Waals surface area contributed by atoms with Gasteiger partial charge in [-0.1, -0.05) is 0 Å². The van der Waals surface area contributed by atoms with Crippen LogP contribution in [0.3, 0.4) is 0 Å². The molecule has 1 amide bonds. The zero-order valence-electron chi connectivity index (χ0n) is 10.1. The zero-order valence-corrected chi connectivity index (χ0v) is 12.5. The minimum absolute atomic E-state index is 0.217. The van der Waals surface area contributed by atoms with E-state index in [0.717, 1.165) is 35.7 Å². The second-order valence-corrected chi connectivity index (χ2v) is 6.30. The number of thiazole rings is 1. The third-order valence-corrected chi connectivity index (χ3v) is 4.55. The van der Waals surface area contributed by atoms with E-state index in [1.165, 1.54) is 4.88 Å². The number of amides is 1. The molecule has 1 saturated heterocycles. The Morgan fingerprint density at radius 3 is 3.00 bits per heavy atom. The van der Waals surface area contributed by atoms with Crippen LogP contribution >= 0.6 is 27.3 Å². The van der Waals surface area contributed by atoms with Crippen LogP contribution in [0.25, 0.3) is 0 Å². The molecule has 0 aromatic carbocycles. The van der Waals surface area contributed by atoms with E-state index in [9.17, 15) is 4.79 Å². The molecular formula is C11H15BrN2O3S. The van der Waals surface area contributed by atoms with Gasteiger partial charge in [-0.15, -0.1) is 11.3 Å². The van der Waals surface area contributed by atoms with E-state index in [1.54, 1.807) is 18.4 Å². The lowest BCUT2D eigenvalue weighted by atomic mass is 9.97. The summed E-state index contributed by atoms with van der Waals surface area (Å²) in [5.74, 6) is 0.464. The summed E-state index contributed by atoms with van der Waals surface area (Å²) in [6.45, 7) is 1.79. The largest absolute Gasteiger partial charge is 0.443 e. The maximum Gasteiger partial charge on any atom is 0.407 e. The van der Waals surface area contributed by atoms with Crippen molar-refractivity contribution in [2.75, 3.05) is 20.3 Å². The Morgan fingerprint density at radius 2 is 2.33 bits per heavy atom. The Hall–Kier alpha value is -0.660. The standard InChI is InChI=1S/C11H15BrN2O3S/c1-13-11(15)17-6-8-9(18-10(12)14-8)7-2-4-16-5-3-7/h7H,2-6H2,1H3,(H,13,15). The summed E-state index contributed by atoms with van der Waals surface area (Å²) in [6, 6.07) is 0. The Bertz CT molecular complexity index is 418. The average Bonchev–Trinajstić information content (AvgIpc) is 2.78. The predicted molar refractivity (Wildman–Crippen MR) is 71.9 cm³/mol. The fourth-order valence-corrected chi connectivity index (χ4v) is 3.62. The molecule has 1 aliphatic heterocycles. The number of nitrogens with zero attached hydrogens (tertiary/aromatic N) is 1. The van der Waals surface area contributed by atoms with E-state index in [1.807, 2.05) is 0 Å². The molecule has 1 N–H and O–H groups in total. The van der Waals surface area contributed by atoms with Gasteiger partial charge in [0.2, 0.25) is 0 Å². The van der Waals surface area contributed by atoms with Gasteiger partial charge in [0.15, 0.2) is 3.92 Å². The minimum Gasteiger partial charge on any atom is -0.443 e. The van der Waals surface area contributed by atoms with Crippen LogP contribution in [-0.2, 0) is 16.1 Å². The highest BCUT2D eigenvalue weighted by atomic mass is 79.9. The molecule has 1 aromatic heterocycles. The third-order valence-electron chi connectivity index (χ3n) is 2.84. The van der Waals surface area contributed by atoms with Gasteiger partial charge in [0.25, 0.3) is 0 Å². The molecule has 2 rings (SSSR count). The molecule has 0 radical (unpaired) electrons. The molecule has 100 valence electrons. The van der Waals surface area contributed by atoms with Crippen molar-refractivity contribution in [3.8, 4) is 0 Å². The highest BCUT2D eigenvalue weighted by molar-refractivity contribution is 9.11. The van der Waals surface area contributed by atoms with E-state index in [2.05, 4.69) is 26.2 Å². The highest BCUT2D eigenvalue weighted by Crippen LogP contribution is 2.36. The first-order chi connectivity index (χ1) is 8.70. The summed E-state index contributed by atoms with van der Waals surface area (Å²) >= 11 is 5.01. The van der Waals surface area contributed by atoms with Crippen LogP contribution < -0.4 is 5.32 Å². The van der Waals surface area contributed by atoms with E-state index >= 15 is 0 Å². The van der Waals surface area contributed by atoms with Crippen LogP contribution in [-0.4, -0.2) is 31.3 Å². The molecule has 0 aliphatic carbocycles. The first-order valence-electron chi connectivity index (χ1n) is 5.78. The molecule has 0 bridgehead atoms. The van der Waals surface area contributed by atoms with Crippen molar-refractivity contribution < 1.29 is 14.3 Å². The Kier molecular flexibility index (Phi) is 4.96. The van der Waals surface area contributed by atoms with Gasteiger partial charge in [0, 0.05) is 25.1 Å². The fourth-order valence-electron chi connectivity index (χ4n) is 1.92. The SMILES string of the molecule is CNC(=O)OCc1nc(Br)sc1C1CCOCC1. The molecular weight excluding hydrogens is 320 g/mol. The summed E-state index contributed by atoms with van der Waals surface area (Å²) in [6.07, 6.45) is 1.57. The fraction of sp³-hybridized carbons (Fsp3) is 0.636. The summed E-state index contributed by atoms with van der Waals surface area (Å²) in [5.41, 5.74) is 0.849. The van der Waals surface area contributed by atoms with E-state index in [-0.39, 0.29) is 6.61 Å². The van der Waals surface area contributed by atoms with E-state index < -0.39 is 6.09 Å². The quantitative estimate of drug-likeness (QED) is 0.923. The Morgan fingerprint density at radius 1 is 1.61 bits per heavy atom. The zero-order chi connectivity index (χ0) is 13.0. The number of hydrogen-bond donors (Lipinski definition) is 1. The molecule has 1 fully saturated rings. The summed E-state index contributed by atoms with van der Waals surface area (Å²) < 4.78 is 11.3. The van der Waals surface area contributed by atoms with Crippen LogP contribution in [0.15, 0.2) is 3.92 Å². The van der Waals surface area contributed by atoms with Crippen LogP contribution in [0.2, 0.25) is 0 Å². The van der Waals surface area contributed by atoms with Crippen molar-refractivity contribution in [2.45, 2.75) is 25.4 Å². The molecule has 1 aliphatic rings. The van der Waals surface area contributed by atoms with Crippen molar-refractivity contribution in [3.05, 3.63) is 14.5 Å².